The fourth-order valence-corrected chi connectivity index (χ4v) is 1.58. The van der Waals surface area contributed by atoms with Crippen LogP contribution in [0.25, 0.3) is 0 Å². The summed E-state index contributed by atoms with van der Waals surface area (Å²) >= 11 is 0. The standard InChI is InChI=1S/C13H20N2O3.ClH/c1-9(8-14-2)13(16)15-10-5-6-11(17-3)12(7-10)18-4;/h5-7,9,14H,8H2,1-4H3,(H,15,16);1H. The molecule has 1 aromatic carbocycles. The fraction of sp³-hybridized carbons (Fsp3) is 0.462. The van der Waals surface area contributed by atoms with E-state index in [1.54, 1.807) is 32.4 Å². The topological polar surface area (TPSA) is 59.6 Å². The Balaban J connectivity index is 0.00000324. The van der Waals surface area contributed by atoms with Crippen LogP contribution >= 0.6 is 12.4 Å². The summed E-state index contributed by atoms with van der Waals surface area (Å²) in [6, 6.07) is 5.28. The van der Waals surface area contributed by atoms with Gasteiger partial charge in [0.2, 0.25) is 5.91 Å². The molecule has 0 bridgehead atoms. The van der Waals surface area contributed by atoms with Crippen molar-refractivity contribution in [2.45, 2.75) is 6.92 Å². The van der Waals surface area contributed by atoms with Crippen molar-refractivity contribution in [3.63, 3.8) is 0 Å². The maximum Gasteiger partial charge on any atom is 0.228 e. The van der Waals surface area contributed by atoms with Gasteiger partial charge in [-0.2, -0.15) is 0 Å². The van der Waals surface area contributed by atoms with E-state index in [4.69, 9.17) is 9.47 Å². The Morgan fingerprint density at radius 3 is 2.42 bits per heavy atom. The highest BCUT2D eigenvalue weighted by Gasteiger charge is 2.13. The molecule has 5 nitrogen and oxygen atoms in total. The number of anilines is 1. The Morgan fingerprint density at radius 2 is 1.89 bits per heavy atom. The molecule has 1 aromatic rings. The van der Waals surface area contributed by atoms with Gasteiger partial charge in [-0.25, -0.2) is 0 Å². The van der Waals surface area contributed by atoms with Gasteiger partial charge in [0.25, 0.3) is 0 Å². The monoisotopic (exact) mass is 288 g/mol. The van der Waals surface area contributed by atoms with Crippen LogP contribution < -0.4 is 20.1 Å². The molecule has 2 N–H and O–H groups in total. The third-order valence-corrected chi connectivity index (χ3v) is 2.61. The summed E-state index contributed by atoms with van der Waals surface area (Å²) in [6.45, 7) is 2.51. The van der Waals surface area contributed by atoms with E-state index in [-0.39, 0.29) is 24.2 Å². The first-order chi connectivity index (χ1) is 8.62. The van der Waals surface area contributed by atoms with E-state index in [1.807, 2.05) is 14.0 Å². The molecule has 1 amide bonds. The van der Waals surface area contributed by atoms with Gasteiger partial charge >= 0.3 is 0 Å². The summed E-state index contributed by atoms with van der Waals surface area (Å²) < 4.78 is 10.3. The lowest BCUT2D eigenvalue weighted by molar-refractivity contribution is -0.119. The number of hydrogen-bond donors (Lipinski definition) is 2. The van der Waals surface area contributed by atoms with Crippen molar-refractivity contribution in [3.8, 4) is 11.5 Å². The lowest BCUT2D eigenvalue weighted by atomic mass is 10.1. The normalized spacial score (nSPS) is 11.2. The number of methoxy groups -OCH3 is 2. The van der Waals surface area contributed by atoms with Crippen LogP contribution in [-0.2, 0) is 4.79 Å². The van der Waals surface area contributed by atoms with E-state index in [0.29, 0.717) is 23.7 Å². The first-order valence-electron chi connectivity index (χ1n) is 5.79. The number of ether oxygens (including phenoxy) is 2. The van der Waals surface area contributed by atoms with E-state index >= 15 is 0 Å². The molecule has 0 heterocycles. The summed E-state index contributed by atoms with van der Waals surface area (Å²) in [7, 11) is 4.96. The predicted octanol–water partition coefficient (Wildman–Crippen LogP) is 1.92. The summed E-state index contributed by atoms with van der Waals surface area (Å²) in [6.07, 6.45) is 0. The van der Waals surface area contributed by atoms with Gasteiger partial charge in [0, 0.05) is 24.2 Å². The zero-order valence-corrected chi connectivity index (χ0v) is 12.5. The van der Waals surface area contributed by atoms with Crippen molar-refractivity contribution in [3.05, 3.63) is 18.2 Å². The Hall–Kier alpha value is -1.46. The number of halogens is 1. The van der Waals surface area contributed by atoms with Crippen LogP contribution in [0.1, 0.15) is 6.92 Å². The molecule has 0 aromatic heterocycles. The van der Waals surface area contributed by atoms with Crippen LogP contribution in [0, 0.1) is 5.92 Å². The SMILES string of the molecule is CNCC(C)C(=O)Nc1ccc(OC)c(OC)c1.Cl. The largest absolute Gasteiger partial charge is 0.493 e. The van der Waals surface area contributed by atoms with Gasteiger partial charge in [-0.3, -0.25) is 4.79 Å². The second-order valence-corrected chi connectivity index (χ2v) is 4.02. The van der Waals surface area contributed by atoms with Crippen molar-refractivity contribution in [1.82, 2.24) is 5.32 Å². The minimum absolute atomic E-state index is 0. The predicted molar refractivity (Wildman–Crippen MR) is 78.5 cm³/mol. The van der Waals surface area contributed by atoms with Crippen LogP contribution in [0.4, 0.5) is 5.69 Å². The zero-order valence-electron chi connectivity index (χ0n) is 11.6. The summed E-state index contributed by atoms with van der Waals surface area (Å²) in [5.74, 6) is 1.11. The number of carbonyl (C=O) groups is 1. The highest BCUT2D eigenvalue weighted by Crippen LogP contribution is 2.29. The molecule has 1 rings (SSSR count). The number of carbonyl (C=O) groups excluding carboxylic acids is 1. The second kappa shape index (κ2) is 8.61. The number of hydrogen-bond acceptors (Lipinski definition) is 4. The Labute approximate surface area is 120 Å². The molecule has 1 atom stereocenters. The number of amides is 1. The molecule has 0 aliphatic heterocycles. The van der Waals surface area contributed by atoms with E-state index in [2.05, 4.69) is 10.6 Å². The van der Waals surface area contributed by atoms with Crippen LogP contribution in [0.15, 0.2) is 18.2 Å². The highest BCUT2D eigenvalue weighted by atomic mass is 35.5. The third kappa shape index (κ3) is 4.96. The van der Waals surface area contributed by atoms with Crippen LogP contribution in [0.3, 0.4) is 0 Å². The van der Waals surface area contributed by atoms with Crippen molar-refractivity contribution in [2.75, 3.05) is 33.1 Å². The fourth-order valence-electron chi connectivity index (χ4n) is 1.58. The maximum absolute atomic E-state index is 11.8. The number of benzene rings is 1. The third-order valence-electron chi connectivity index (χ3n) is 2.61. The molecule has 19 heavy (non-hydrogen) atoms. The molecule has 0 fully saturated rings. The average molecular weight is 289 g/mol. The van der Waals surface area contributed by atoms with Crippen molar-refractivity contribution in [1.29, 1.82) is 0 Å². The zero-order chi connectivity index (χ0) is 13.5. The van der Waals surface area contributed by atoms with Gasteiger partial charge in [-0.1, -0.05) is 6.92 Å². The summed E-state index contributed by atoms with van der Waals surface area (Å²) in [4.78, 5) is 11.8. The van der Waals surface area contributed by atoms with E-state index in [9.17, 15) is 4.79 Å². The van der Waals surface area contributed by atoms with Gasteiger partial charge in [0.15, 0.2) is 11.5 Å². The Kier molecular flexibility index (Phi) is 7.95. The van der Waals surface area contributed by atoms with Crippen molar-refractivity contribution < 1.29 is 14.3 Å². The molecular formula is C13H21ClN2O3. The first-order valence-corrected chi connectivity index (χ1v) is 5.79. The Bertz CT molecular complexity index is 413. The average Bonchev–Trinajstić information content (AvgIpc) is 2.38. The van der Waals surface area contributed by atoms with Crippen LogP contribution in [0.5, 0.6) is 11.5 Å². The van der Waals surface area contributed by atoms with E-state index in [0.717, 1.165) is 0 Å². The van der Waals surface area contributed by atoms with Gasteiger partial charge in [-0.15, -0.1) is 12.4 Å². The second-order valence-electron chi connectivity index (χ2n) is 4.02. The first kappa shape index (κ1) is 17.5. The van der Waals surface area contributed by atoms with Crippen LogP contribution in [-0.4, -0.2) is 33.7 Å². The van der Waals surface area contributed by atoms with Gasteiger partial charge in [0.1, 0.15) is 0 Å². The number of rotatable bonds is 6. The summed E-state index contributed by atoms with van der Waals surface area (Å²) in [5.41, 5.74) is 0.695. The molecule has 6 heteroatoms. The smallest absolute Gasteiger partial charge is 0.228 e. The molecule has 108 valence electrons. The quantitative estimate of drug-likeness (QED) is 0.840. The lowest BCUT2D eigenvalue weighted by Gasteiger charge is -2.13. The van der Waals surface area contributed by atoms with Crippen LogP contribution in [0.2, 0.25) is 0 Å². The van der Waals surface area contributed by atoms with E-state index in [1.165, 1.54) is 0 Å². The molecule has 0 radical (unpaired) electrons. The minimum atomic E-state index is -0.0944. The lowest BCUT2D eigenvalue weighted by Crippen LogP contribution is -2.28. The maximum atomic E-state index is 11.8. The van der Waals surface area contributed by atoms with Crippen molar-refractivity contribution >= 4 is 24.0 Å². The van der Waals surface area contributed by atoms with Gasteiger partial charge in [0.05, 0.1) is 14.2 Å². The minimum Gasteiger partial charge on any atom is -0.493 e. The molecule has 0 spiro atoms. The Morgan fingerprint density at radius 1 is 1.26 bits per heavy atom. The molecule has 0 aliphatic rings. The van der Waals surface area contributed by atoms with E-state index < -0.39 is 0 Å². The van der Waals surface area contributed by atoms with Gasteiger partial charge in [-0.05, 0) is 19.2 Å². The molecular weight excluding hydrogens is 268 g/mol. The molecule has 0 saturated carbocycles. The van der Waals surface area contributed by atoms with Gasteiger partial charge < -0.3 is 20.1 Å². The summed E-state index contributed by atoms with van der Waals surface area (Å²) in [5, 5.41) is 5.81. The highest BCUT2D eigenvalue weighted by molar-refractivity contribution is 5.92. The molecule has 0 saturated heterocycles. The number of nitrogens with one attached hydrogen (secondary N) is 2. The van der Waals surface area contributed by atoms with Crippen molar-refractivity contribution in [2.24, 2.45) is 5.92 Å². The molecule has 1 unspecified atom stereocenters. The molecule has 0 aliphatic carbocycles.